The van der Waals surface area contributed by atoms with Crippen LogP contribution in [0.1, 0.15) is 18.1 Å². The molecule has 7 heteroatoms. The molecule has 1 aromatic heterocycles. The molecule has 31 heavy (non-hydrogen) atoms. The molecule has 0 spiro atoms. The summed E-state index contributed by atoms with van der Waals surface area (Å²) < 4.78 is 71.3. The molecule has 1 unspecified atom stereocenters. The molecule has 1 aliphatic carbocycles. The molecule has 159 valence electrons. The molecular weight excluding hydrogens is 589 g/mol. The second-order valence-corrected chi connectivity index (χ2v) is 7.49. The van der Waals surface area contributed by atoms with Gasteiger partial charge in [-0.05, 0) is 41.1 Å². The van der Waals surface area contributed by atoms with Crippen molar-refractivity contribution in [2.24, 2.45) is 0 Å². The Balaban J connectivity index is 0.00000231. The van der Waals surface area contributed by atoms with E-state index in [1.165, 1.54) is 12.1 Å². The Labute approximate surface area is 188 Å². The molecule has 0 N–H and O–H groups in total. The van der Waals surface area contributed by atoms with Gasteiger partial charge < -0.3 is 4.98 Å². The summed E-state index contributed by atoms with van der Waals surface area (Å²) in [6, 6.07) is 16.3. The number of halogens is 5. The van der Waals surface area contributed by atoms with E-state index in [0.717, 1.165) is 23.8 Å². The number of hydrogen-bond acceptors (Lipinski definition) is 1. The zero-order valence-corrected chi connectivity index (χ0v) is 18.3. The van der Waals surface area contributed by atoms with Gasteiger partial charge in [0.15, 0.2) is 0 Å². The van der Waals surface area contributed by atoms with Gasteiger partial charge >= 0.3 is 6.18 Å². The number of benzene rings is 3. The van der Waals surface area contributed by atoms with E-state index in [4.69, 9.17) is 0 Å². The molecule has 1 heterocycles. The van der Waals surface area contributed by atoms with Gasteiger partial charge in [0.1, 0.15) is 11.6 Å². The van der Waals surface area contributed by atoms with Crippen LogP contribution >= 0.6 is 0 Å². The number of nitrogens with zero attached hydrogens (tertiary/aromatic N) is 1. The van der Waals surface area contributed by atoms with Gasteiger partial charge in [-0.25, -0.2) is 8.78 Å². The molecule has 0 fully saturated rings. The van der Waals surface area contributed by atoms with Crippen LogP contribution in [0, 0.1) is 17.7 Å². The Morgan fingerprint density at radius 3 is 2.45 bits per heavy atom. The van der Waals surface area contributed by atoms with E-state index < -0.39 is 28.8 Å². The molecule has 0 aliphatic heterocycles. The predicted octanol–water partition coefficient (Wildman–Crippen LogP) is 6.83. The molecule has 1 nitrogen and oxygen atoms in total. The molecule has 0 bridgehead atoms. The summed E-state index contributed by atoms with van der Waals surface area (Å²) in [6.45, 7) is 0.930. The van der Waals surface area contributed by atoms with Crippen LogP contribution in [0.3, 0.4) is 0 Å². The van der Waals surface area contributed by atoms with Crippen LogP contribution in [-0.4, -0.2) is 11.2 Å². The van der Waals surface area contributed by atoms with E-state index in [1.54, 1.807) is 12.3 Å². The van der Waals surface area contributed by atoms with Crippen molar-refractivity contribution in [1.82, 2.24) is 4.98 Å². The minimum Gasteiger partial charge on any atom is -0.304 e. The number of alkyl halides is 3. The molecule has 5 rings (SSSR count). The minimum atomic E-state index is -4.80. The van der Waals surface area contributed by atoms with Crippen LogP contribution in [0.15, 0.2) is 60.8 Å². The van der Waals surface area contributed by atoms with Gasteiger partial charge in [0.05, 0.1) is 5.41 Å². The van der Waals surface area contributed by atoms with Crippen molar-refractivity contribution in [2.45, 2.75) is 18.5 Å². The van der Waals surface area contributed by atoms with Crippen molar-refractivity contribution in [3.8, 4) is 22.4 Å². The van der Waals surface area contributed by atoms with Gasteiger partial charge in [-0.1, -0.05) is 29.8 Å². The topological polar surface area (TPSA) is 12.9 Å². The molecule has 1 aliphatic rings. The third kappa shape index (κ3) is 3.02. The van der Waals surface area contributed by atoms with Crippen LogP contribution in [0.25, 0.3) is 33.2 Å². The van der Waals surface area contributed by atoms with Crippen molar-refractivity contribution in [1.29, 1.82) is 0 Å². The monoisotopic (exact) mass is 603 g/mol. The van der Waals surface area contributed by atoms with Crippen molar-refractivity contribution in [2.75, 3.05) is 0 Å². The molecule has 1 radical (unpaired) electrons. The largest absolute Gasteiger partial charge is 0.400 e. The Bertz CT molecular complexity index is 1330. The van der Waals surface area contributed by atoms with Gasteiger partial charge in [-0.2, -0.15) is 13.2 Å². The standard InChI is InChI=1S/C24H13F5N.Ir/c1-23(24(27,28)29)19-10-14(22-16-5-3-2-4-13(16)8-9-30-22)6-7-17(19)18-11-15(25)12-20(26)21(18)23;/h2-5,7-12H,1H3;/q-1;. The normalized spacial score (nSPS) is 17.2. The van der Waals surface area contributed by atoms with Crippen LogP contribution < -0.4 is 0 Å². The zero-order valence-electron chi connectivity index (χ0n) is 15.9. The van der Waals surface area contributed by atoms with Gasteiger partial charge in [0.2, 0.25) is 0 Å². The molecule has 1 atom stereocenters. The first-order valence-electron chi connectivity index (χ1n) is 9.19. The number of pyridine rings is 1. The maximum absolute atomic E-state index is 14.6. The first kappa shape index (κ1) is 21.6. The van der Waals surface area contributed by atoms with Gasteiger partial charge in [-0.15, -0.1) is 29.3 Å². The fraction of sp³-hybridized carbons (Fsp3) is 0.125. The van der Waals surface area contributed by atoms with E-state index in [1.807, 2.05) is 24.3 Å². The van der Waals surface area contributed by atoms with E-state index in [9.17, 15) is 22.0 Å². The SMILES string of the molecule is CC1(C(F)(F)F)c2cc(-c3nccc4ccccc34)[c-]cc2-c2cc(F)cc(F)c21.[Ir]. The first-order valence-corrected chi connectivity index (χ1v) is 9.19. The van der Waals surface area contributed by atoms with E-state index in [2.05, 4.69) is 11.1 Å². The first-order chi connectivity index (χ1) is 14.2. The van der Waals surface area contributed by atoms with Crippen LogP contribution in [0.2, 0.25) is 0 Å². The number of rotatable bonds is 1. The predicted molar refractivity (Wildman–Crippen MR) is 104 cm³/mol. The molecule has 3 aromatic carbocycles. The van der Waals surface area contributed by atoms with E-state index >= 15 is 0 Å². The molecular formula is C24H13F5IrN-. The summed E-state index contributed by atoms with van der Waals surface area (Å²) >= 11 is 0. The summed E-state index contributed by atoms with van der Waals surface area (Å²) in [7, 11) is 0. The minimum absolute atomic E-state index is 0. The maximum Gasteiger partial charge on any atom is 0.400 e. The summed E-state index contributed by atoms with van der Waals surface area (Å²) in [4.78, 5) is 4.35. The molecule has 0 amide bonds. The quantitative estimate of drug-likeness (QED) is 0.172. The summed E-state index contributed by atoms with van der Waals surface area (Å²) in [5.41, 5.74) is -2.48. The third-order valence-electron chi connectivity index (χ3n) is 5.83. The third-order valence-corrected chi connectivity index (χ3v) is 5.83. The van der Waals surface area contributed by atoms with Crippen molar-refractivity contribution >= 4 is 10.8 Å². The number of fused-ring (bicyclic) bond motifs is 4. The summed E-state index contributed by atoms with van der Waals surface area (Å²) in [5, 5.41) is 1.64. The average molecular weight is 603 g/mol. The molecule has 4 aromatic rings. The van der Waals surface area contributed by atoms with Crippen LogP contribution in [0.4, 0.5) is 22.0 Å². The van der Waals surface area contributed by atoms with Gasteiger partial charge in [0.25, 0.3) is 0 Å². The second-order valence-electron chi connectivity index (χ2n) is 7.49. The van der Waals surface area contributed by atoms with Gasteiger partial charge in [-0.3, -0.25) is 0 Å². The second kappa shape index (κ2) is 7.21. The Hall–Kier alpha value is -2.63. The smallest absolute Gasteiger partial charge is 0.304 e. The van der Waals surface area contributed by atoms with Crippen molar-refractivity contribution in [3.05, 3.63) is 89.6 Å². The van der Waals surface area contributed by atoms with Crippen LogP contribution in [0.5, 0.6) is 0 Å². The summed E-state index contributed by atoms with van der Waals surface area (Å²) in [5.74, 6) is -2.14. The Morgan fingerprint density at radius 1 is 0.968 bits per heavy atom. The average Bonchev–Trinajstić information content (AvgIpc) is 2.97. The Kier molecular flexibility index (Phi) is 5.02. The van der Waals surface area contributed by atoms with E-state index in [0.29, 0.717) is 17.3 Å². The van der Waals surface area contributed by atoms with Crippen molar-refractivity contribution < 1.29 is 42.1 Å². The maximum atomic E-state index is 14.6. The Morgan fingerprint density at radius 2 is 1.71 bits per heavy atom. The summed E-state index contributed by atoms with van der Waals surface area (Å²) in [6.07, 6.45) is -3.22. The van der Waals surface area contributed by atoms with E-state index in [-0.39, 0.29) is 36.8 Å². The van der Waals surface area contributed by atoms with Crippen LogP contribution in [-0.2, 0) is 25.5 Å². The number of hydrogen-bond donors (Lipinski definition) is 0. The van der Waals surface area contributed by atoms with Crippen molar-refractivity contribution in [3.63, 3.8) is 0 Å². The molecule has 0 saturated heterocycles. The fourth-order valence-electron chi connectivity index (χ4n) is 4.32. The fourth-order valence-corrected chi connectivity index (χ4v) is 4.32. The van der Waals surface area contributed by atoms with Gasteiger partial charge in [0, 0.05) is 37.9 Å². The number of aromatic nitrogens is 1. The zero-order chi connectivity index (χ0) is 21.3. The molecule has 0 saturated carbocycles.